The number of likely N-dealkylation sites (N-methyl/N-ethyl adjacent to an activating group) is 1. The van der Waals surface area contributed by atoms with Gasteiger partial charge in [0.15, 0.2) is 0 Å². The second kappa shape index (κ2) is 12.8. The van der Waals surface area contributed by atoms with Crippen molar-refractivity contribution in [2.45, 2.75) is 94.9 Å². The zero-order valence-corrected chi connectivity index (χ0v) is 27.9. The Morgan fingerprint density at radius 1 is 0.898 bits per heavy atom. The number of nitrogens with zero attached hydrogens (tertiary/aromatic N) is 4. The van der Waals surface area contributed by atoms with E-state index in [1.165, 1.54) is 18.2 Å². The summed E-state index contributed by atoms with van der Waals surface area (Å²) in [5.74, 6) is -18.6. The molecule has 2 unspecified atom stereocenters. The van der Waals surface area contributed by atoms with Crippen LogP contribution in [0, 0.1) is 19.7 Å². The molecule has 4 rings (SSSR count). The van der Waals surface area contributed by atoms with Gasteiger partial charge in [0.05, 0.1) is 5.56 Å². The molecule has 2 aliphatic rings. The number of halogens is 4. The Morgan fingerprint density at radius 2 is 1.45 bits per heavy atom. The molecule has 2 aromatic carbocycles. The van der Waals surface area contributed by atoms with E-state index in [0.717, 1.165) is 12.1 Å². The number of carbonyl (C=O) groups excluding carboxylic acids is 1. The van der Waals surface area contributed by atoms with Crippen molar-refractivity contribution >= 4 is 5.91 Å². The maximum absolute atomic E-state index is 14.2. The average molecular weight is 705 g/mol. The van der Waals surface area contributed by atoms with Gasteiger partial charge >= 0.3 is 29.8 Å². The van der Waals surface area contributed by atoms with E-state index in [1.54, 1.807) is 40.8 Å². The Balaban J connectivity index is 1.68. The number of aliphatic hydroxyl groups is 8. The lowest BCUT2D eigenvalue weighted by Crippen LogP contribution is -2.92. The third-order valence-corrected chi connectivity index (χ3v) is 9.94. The second-order valence-electron chi connectivity index (χ2n) is 13.6. The van der Waals surface area contributed by atoms with Crippen LogP contribution in [-0.4, -0.2) is 123 Å². The molecule has 2 atom stereocenters. The summed E-state index contributed by atoms with van der Waals surface area (Å²) < 4.78 is 55.0. The molecule has 0 radical (unpaired) electrons. The van der Waals surface area contributed by atoms with Gasteiger partial charge in [-0.1, -0.05) is 17.7 Å². The van der Waals surface area contributed by atoms with Gasteiger partial charge in [0.1, 0.15) is 5.82 Å². The minimum atomic E-state index is -4.54. The molecule has 2 heterocycles. The van der Waals surface area contributed by atoms with Crippen LogP contribution in [0.4, 0.5) is 17.6 Å². The molecule has 0 aliphatic carbocycles. The highest BCUT2D eigenvalue weighted by molar-refractivity contribution is 5.74. The maximum Gasteiger partial charge on any atom is 0.416 e. The van der Waals surface area contributed by atoms with Gasteiger partial charge in [-0.2, -0.15) is 18.1 Å². The predicted octanol–water partition coefficient (Wildman–Crippen LogP) is 0.552. The van der Waals surface area contributed by atoms with Crippen molar-refractivity contribution in [2.24, 2.45) is 0 Å². The van der Waals surface area contributed by atoms with Gasteiger partial charge in [-0.25, -0.2) is 9.29 Å². The molecule has 1 amide bonds. The summed E-state index contributed by atoms with van der Waals surface area (Å²) in [7, 11) is 1.73. The number of alkyl halides is 3. The number of piperazine rings is 1. The minimum absolute atomic E-state index is 0.0376. The number of amides is 1. The highest BCUT2D eigenvalue weighted by Crippen LogP contribution is 2.48. The molecule has 0 saturated carbocycles. The molecule has 8 N–H and O–H groups in total. The molecule has 0 aromatic heterocycles. The monoisotopic (exact) mass is 704 g/mol. The summed E-state index contributed by atoms with van der Waals surface area (Å²) in [6, 6.07) is 5.52. The first-order chi connectivity index (χ1) is 22.2. The van der Waals surface area contributed by atoms with E-state index >= 15 is 0 Å². The lowest BCUT2D eigenvalue weighted by Gasteiger charge is -2.63. The van der Waals surface area contributed by atoms with Crippen LogP contribution in [0.5, 0.6) is 0 Å². The number of hydrogen-bond acceptors (Lipinski definition) is 12. The molecule has 2 aromatic rings. The smallest absolute Gasteiger partial charge is 0.347 e. The normalized spacial score (nSPS) is 24.3. The summed E-state index contributed by atoms with van der Waals surface area (Å²) in [5.41, 5.74) is 0.168. The Morgan fingerprint density at radius 3 is 1.96 bits per heavy atom. The summed E-state index contributed by atoms with van der Waals surface area (Å²) in [5, 5.41) is 86.6. The largest absolute Gasteiger partial charge is 0.416 e. The van der Waals surface area contributed by atoms with Gasteiger partial charge in [0.25, 0.3) is 0 Å². The topological polar surface area (TPSA) is 192 Å². The molecule has 274 valence electrons. The zero-order valence-electron chi connectivity index (χ0n) is 27.9. The second-order valence-corrected chi connectivity index (χ2v) is 13.6. The van der Waals surface area contributed by atoms with Crippen LogP contribution < -0.4 is 0 Å². The van der Waals surface area contributed by atoms with E-state index in [4.69, 9.17) is 0 Å². The van der Waals surface area contributed by atoms with E-state index in [0.29, 0.717) is 29.2 Å². The van der Waals surface area contributed by atoms with Gasteiger partial charge in [0, 0.05) is 44.2 Å². The Labute approximate surface area is 280 Å². The SMILES string of the molecule is CC(=O)N1C(O)(O)C(O)(O)N(C2CCN(CCN(C)C(C)(C)c3cc(C)cc(C(F)(F)F)c3)C(c3ccc(F)cc3C)C2)C(O)(O)C1(O)O. The molecule has 13 nitrogen and oxygen atoms in total. The highest BCUT2D eigenvalue weighted by Gasteiger charge is 2.79. The van der Waals surface area contributed by atoms with Gasteiger partial charge in [-0.15, -0.1) is 0 Å². The number of benzene rings is 2. The van der Waals surface area contributed by atoms with Crippen LogP contribution in [0.2, 0.25) is 0 Å². The van der Waals surface area contributed by atoms with Gasteiger partial charge < -0.3 is 40.9 Å². The van der Waals surface area contributed by atoms with Crippen molar-refractivity contribution in [2.75, 3.05) is 26.7 Å². The first kappa shape index (κ1) is 39.0. The molecular formula is C32H44F4N4O9. The van der Waals surface area contributed by atoms with Crippen molar-refractivity contribution < 1.29 is 63.2 Å². The summed E-state index contributed by atoms with van der Waals surface area (Å²) in [6.45, 7) is 7.88. The fraction of sp³-hybridized carbons (Fsp3) is 0.594. The molecule has 17 heteroatoms. The van der Waals surface area contributed by atoms with Crippen LogP contribution in [0.3, 0.4) is 0 Å². The standard InChI is InChI=1S/C32H44F4N4O9/c1-18-13-21(16-22(14-18)28(34,35)36)27(4,5)37(6)11-12-38-10-9-24(17-26(38)25-8-7-23(33)15-19(25)2)40-31(46,47)29(42,43)39(20(3)41)30(44,45)32(40,48)49/h7-8,13-16,24,26,42-49H,9-12,17H2,1-6H3. The molecule has 2 fully saturated rings. The van der Waals surface area contributed by atoms with Crippen LogP contribution >= 0.6 is 0 Å². The van der Waals surface area contributed by atoms with Crippen molar-refractivity contribution in [1.29, 1.82) is 0 Å². The van der Waals surface area contributed by atoms with Crippen molar-refractivity contribution in [3.63, 3.8) is 0 Å². The molecule has 49 heavy (non-hydrogen) atoms. The lowest BCUT2D eigenvalue weighted by atomic mass is 9.86. The number of likely N-dealkylation sites (tertiary alicyclic amines) is 1. The van der Waals surface area contributed by atoms with Gasteiger partial charge in [0.2, 0.25) is 5.91 Å². The molecule has 2 aliphatic heterocycles. The number of piperidine rings is 1. The molecule has 2 saturated heterocycles. The fourth-order valence-electron chi connectivity index (χ4n) is 6.92. The van der Waals surface area contributed by atoms with Gasteiger partial charge in [-0.05, 0) is 88.5 Å². The quantitative estimate of drug-likeness (QED) is 0.148. The van der Waals surface area contributed by atoms with Crippen molar-refractivity contribution in [3.05, 3.63) is 70.0 Å². The first-order valence-electron chi connectivity index (χ1n) is 15.5. The number of rotatable bonds is 7. The molecule has 0 bridgehead atoms. The summed E-state index contributed by atoms with van der Waals surface area (Å²) >= 11 is 0. The minimum Gasteiger partial charge on any atom is -0.347 e. The van der Waals surface area contributed by atoms with Gasteiger partial charge in [-0.3, -0.25) is 14.6 Å². The van der Waals surface area contributed by atoms with E-state index in [9.17, 15) is 63.2 Å². The summed E-state index contributed by atoms with van der Waals surface area (Å²) in [4.78, 5) is 15.1. The maximum atomic E-state index is 14.2. The number of carbonyl (C=O) groups is 1. The fourth-order valence-corrected chi connectivity index (χ4v) is 6.92. The zero-order chi connectivity index (χ0) is 37.3. The van der Waals surface area contributed by atoms with Crippen molar-refractivity contribution in [3.8, 4) is 0 Å². The van der Waals surface area contributed by atoms with E-state index < -0.39 is 69.6 Å². The van der Waals surface area contributed by atoms with E-state index in [1.807, 2.05) is 9.80 Å². The van der Waals surface area contributed by atoms with Crippen LogP contribution in [0.25, 0.3) is 0 Å². The van der Waals surface area contributed by atoms with Crippen molar-refractivity contribution in [1.82, 2.24) is 19.6 Å². The van der Waals surface area contributed by atoms with Crippen LogP contribution in [0.15, 0.2) is 36.4 Å². The Kier molecular flexibility index (Phi) is 10.1. The van der Waals surface area contributed by atoms with E-state index in [2.05, 4.69) is 0 Å². The molecular weight excluding hydrogens is 660 g/mol. The first-order valence-corrected chi connectivity index (χ1v) is 15.5. The highest BCUT2D eigenvalue weighted by atomic mass is 19.4. The number of hydrogen-bond donors (Lipinski definition) is 8. The average Bonchev–Trinajstić information content (AvgIpc) is 2.94. The lowest BCUT2D eigenvalue weighted by molar-refractivity contribution is -0.604. The Bertz CT molecular complexity index is 1540. The summed E-state index contributed by atoms with van der Waals surface area (Å²) in [6.07, 6.45) is -4.98. The molecule has 0 spiro atoms. The van der Waals surface area contributed by atoms with Crippen LogP contribution in [-0.2, 0) is 16.5 Å². The third kappa shape index (κ3) is 6.70. The van der Waals surface area contributed by atoms with E-state index in [-0.39, 0.29) is 37.4 Å². The number of aryl methyl sites for hydroxylation is 2. The van der Waals surface area contributed by atoms with Crippen LogP contribution in [0.1, 0.15) is 67.5 Å². The predicted molar refractivity (Wildman–Crippen MR) is 163 cm³/mol. The Hall–Kier alpha value is -2.81. The third-order valence-electron chi connectivity index (χ3n) is 9.94.